The first kappa shape index (κ1) is 22.3. The van der Waals surface area contributed by atoms with Crippen LogP contribution in [0.4, 0.5) is 5.69 Å². The number of carbonyl (C=O) groups excluding carboxylic acids is 2. The van der Waals surface area contributed by atoms with E-state index in [1.807, 2.05) is 42.6 Å². The Hall–Kier alpha value is -3.53. The van der Waals surface area contributed by atoms with Crippen molar-refractivity contribution in [3.63, 3.8) is 0 Å². The number of hydrogen-bond donors (Lipinski definition) is 1. The fourth-order valence-electron chi connectivity index (χ4n) is 3.69. The van der Waals surface area contributed by atoms with E-state index in [0.717, 1.165) is 28.2 Å². The highest BCUT2D eigenvalue weighted by Crippen LogP contribution is 2.25. The summed E-state index contributed by atoms with van der Waals surface area (Å²) in [5.41, 5.74) is 4.07. The molecule has 1 N–H and O–H groups in total. The number of halogens is 1. The van der Waals surface area contributed by atoms with Gasteiger partial charge in [-0.15, -0.1) is 11.3 Å². The molecule has 10 heteroatoms. The lowest BCUT2D eigenvalue weighted by Crippen LogP contribution is -2.41. The number of benzene rings is 1. The molecule has 1 fully saturated rings. The lowest BCUT2D eigenvalue weighted by atomic mass is 10.1. The molecule has 4 heterocycles. The number of anilines is 1. The van der Waals surface area contributed by atoms with Crippen LogP contribution in [0.3, 0.4) is 0 Å². The molecule has 0 bridgehead atoms. The van der Waals surface area contributed by atoms with Gasteiger partial charge in [-0.05, 0) is 48.5 Å². The molecule has 1 saturated heterocycles. The normalized spacial score (nSPS) is 13.8. The Kier molecular flexibility index (Phi) is 6.39. The Morgan fingerprint density at radius 3 is 2.68 bits per heavy atom. The molecule has 5 rings (SSSR count). The van der Waals surface area contributed by atoms with Crippen molar-refractivity contribution in [1.29, 1.82) is 0 Å². The van der Waals surface area contributed by atoms with Crippen LogP contribution < -0.4 is 10.2 Å². The number of carbonyl (C=O) groups is 2. The molecule has 1 aliphatic heterocycles. The van der Waals surface area contributed by atoms with Crippen LogP contribution in [0.5, 0.6) is 0 Å². The van der Waals surface area contributed by atoms with Gasteiger partial charge in [0.1, 0.15) is 6.61 Å². The highest BCUT2D eigenvalue weighted by atomic mass is 35.5. The van der Waals surface area contributed by atoms with E-state index in [1.54, 1.807) is 34.1 Å². The number of pyridine rings is 1. The molecule has 3 aromatic heterocycles. The van der Waals surface area contributed by atoms with Crippen molar-refractivity contribution in [1.82, 2.24) is 20.1 Å². The molecule has 2 amide bonds. The summed E-state index contributed by atoms with van der Waals surface area (Å²) in [7, 11) is 0. The van der Waals surface area contributed by atoms with Gasteiger partial charge in [0.05, 0.1) is 27.2 Å². The summed E-state index contributed by atoms with van der Waals surface area (Å²) in [6, 6.07) is 14.8. The number of nitrogens with zero attached hydrogens (tertiary/aromatic N) is 4. The summed E-state index contributed by atoms with van der Waals surface area (Å²) in [5, 5.41) is 7.71. The third-order valence-corrected chi connectivity index (χ3v) is 6.60. The van der Waals surface area contributed by atoms with Crippen molar-refractivity contribution >= 4 is 40.4 Å². The average Bonchev–Trinajstić information content (AvgIpc) is 3.50. The number of nitrogens with one attached hydrogen (secondary N) is 1. The van der Waals surface area contributed by atoms with E-state index in [1.165, 1.54) is 11.3 Å². The predicted octanol–water partition coefficient (Wildman–Crippen LogP) is 3.94. The van der Waals surface area contributed by atoms with E-state index in [-0.39, 0.29) is 18.4 Å². The van der Waals surface area contributed by atoms with Gasteiger partial charge in [0.15, 0.2) is 0 Å². The molecule has 4 aromatic rings. The van der Waals surface area contributed by atoms with Crippen molar-refractivity contribution in [3.05, 3.63) is 81.9 Å². The Balaban J connectivity index is 1.41. The zero-order valence-corrected chi connectivity index (χ0v) is 19.6. The molecule has 34 heavy (non-hydrogen) atoms. The molecule has 0 unspecified atom stereocenters. The Morgan fingerprint density at radius 2 is 1.97 bits per heavy atom. The summed E-state index contributed by atoms with van der Waals surface area (Å²) in [6.07, 6.45) is 5.33. The minimum atomic E-state index is -0.193. The minimum Gasteiger partial charge on any atom is -0.370 e. The second-order valence-corrected chi connectivity index (χ2v) is 9.31. The number of aromatic nitrogens is 3. The summed E-state index contributed by atoms with van der Waals surface area (Å²) < 4.78 is 7.53. The molecule has 8 nitrogen and oxygen atoms in total. The standard InChI is InChI=1S/C24H20ClN5O3S/c25-21-8-7-20(34-21)24(32)27-13-17-14-30(28-23(17)16-2-1-9-26-12-16)19-5-3-18(4-6-19)29-10-11-33-15-22(29)31/h1-9,12,14H,10-11,13,15H2,(H,27,32). The van der Waals surface area contributed by atoms with Gasteiger partial charge in [-0.2, -0.15) is 5.10 Å². The van der Waals surface area contributed by atoms with Crippen molar-refractivity contribution < 1.29 is 14.3 Å². The number of amides is 2. The third kappa shape index (κ3) is 4.72. The summed E-state index contributed by atoms with van der Waals surface area (Å²) in [4.78, 5) is 31.1. The van der Waals surface area contributed by atoms with Crippen LogP contribution in [0.2, 0.25) is 4.34 Å². The van der Waals surface area contributed by atoms with Crippen LogP contribution in [0.1, 0.15) is 15.2 Å². The lowest BCUT2D eigenvalue weighted by molar-refractivity contribution is -0.125. The van der Waals surface area contributed by atoms with Gasteiger partial charge in [-0.25, -0.2) is 4.68 Å². The molecule has 0 saturated carbocycles. The quantitative estimate of drug-likeness (QED) is 0.439. The Morgan fingerprint density at radius 1 is 1.15 bits per heavy atom. The van der Waals surface area contributed by atoms with Gasteiger partial charge in [-0.1, -0.05) is 11.6 Å². The van der Waals surface area contributed by atoms with E-state index < -0.39 is 0 Å². The zero-order valence-electron chi connectivity index (χ0n) is 18.0. The van der Waals surface area contributed by atoms with Crippen LogP contribution in [-0.4, -0.2) is 46.3 Å². The SMILES string of the molecule is O=C(NCc1cn(-c2ccc(N3CCOCC3=O)cc2)nc1-c1cccnc1)c1ccc(Cl)s1. The highest BCUT2D eigenvalue weighted by Gasteiger charge is 2.20. The van der Waals surface area contributed by atoms with E-state index >= 15 is 0 Å². The van der Waals surface area contributed by atoms with E-state index in [2.05, 4.69) is 10.3 Å². The summed E-state index contributed by atoms with van der Waals surface area (Å²) >= 11 is 7.19. The van der Waals surface area contributed by atoms with Crippen LogP contribution in [0.15, 0.2) is 67.1 Å². The van der Waals surface area contributed by atoms with E-state index in [4.69, 9.17) is 21.4 Å². The summed E-state index contributed by atoms with van der Waals surface area (Å²) in [5.74, 6) is -0.247. The zero-order chi connectivity index (χ0) is 23.5. The number of rotatable bonds is 6. The van der Waals surface area contributed by atoms with E-state index in [0.29, 0.717) is 28.9 Å². The second-order valence-electron chi connectivity index (χ2n) is 7.59. The van der Waals surface area contributed by atoms with E-state index in [9.17, 15) is 9.59 Å². The van der Waals surface area contributed by atoms with Crippen LogP contribution >= 0.6 is 22.9 Å². The molecule has 0 aliphatic carbocycles. The molecular weight excluding hydrogens is 474 g/mol. The first-order valence-corrected chi connectivity index (χ1v) is 11.8. The van der Waals surface area contributed by atoms with Crippen molar-refractivity contribution in [2.45, 2.75) is 6.54 Å². The maximum atomic E-state index is 12.5. The van der Waals surface area contributed by atoms with Gasteiger partial charge in [0.2, 0.25) is 0 Å². The van der Waals surface area contributed by atoms with Gasteiger partial charge in [0.25, 0.3) is 11.8 Å². The van der Waals surface area contributed by atoms with Crippen molar-refractivity contribution in [3.8, 4) is 16.9 Å². The molecule has 0 atom stereocenters. The number of thiophene rings is 1. The Bertz CT molecular complexity index is 1320. The van der Waals surface area contributed by atoms with Crippen molar-refractivity contribution in [2.75, 3.05) is 24.7 Å². The maximum absolute atomic E-state index is 12.5. The highest BCUT2D eigenvalue weighted by molar-refractivity contribution is 7.18. The monoisotopic (exact) mass is 493 g/mol. The first-order valence-electron chi connectivity index (χ1n) is 10.6. The molecule has 0 spiro atoms. The second kappa shape index (κ2) is 9.76. The summed E-state index contributed by atoms with van der Waals surface area (Å²) in [6.45, 7) is 1.44. The predicted molar refractivity (Wildman–Crippen MR) is 130 cm³/mol. The van der Waals surface area contributed by atoms with Gasteiger partial charge >= 0.3 is 0 Å². The number of ether oxygens (including phenoxy) is 1. The fourth-order valence-corrected chi connectivity index (χ4v) is 4.65. The van der Waals surface area contributed by atoms with Crippen LogP contribution in [0.25, 0.3) is 16.9 Å². The van der Waals surface area contributed by atoms with Crippen LogP contribution in [-0.2, 0) is 16.1 Å². The van der Waals surface area contributed by atoms with Crippen LogP contribution in [0, 0.1) is 0 Å². The topological polar surface area (TPSA) is 89.4 Å². The van der Waals surface area contributed by atoms with Crippen molar-refractivity contribution in [2.24, 2.45) is 0 Å². The fraction of sp³-hybridized carbons (Fsp3) is 0.167. The van der Waals surface area contributed by atoms with Gasteiger partial charge in [-0.3, -0.25) is 14.6 Å². The molecule has 172 valence electrons. The molecular formula is C24H20ClN5O3S. The third-order valence-electron chi connectivity index (χ3n) is 5.37. The molecule has 1 aromatic carbocycles. The molecule has 0 radical (unpaired) electrons. The maximum Gasteiger partial charge on any atom is 0.261 e. The minimum absolute atomic E-state index is 0.0537. The largest absolute Gasteiger partial charge is 0.370 e. The molecule has 1 aliphatic rings. The first-order chi connectivity index (χ1) is 16.6. The number of morpholine rings is 1. The van der Waals surface area contributed by atoms with Gasteiger partial charge in [0, 0.05) is 48.5 Å². The average molecular weight is 494 g/mol. The number of hydrogen-bond acceptors (Lipinski definition) is 6. The van der Waals surface area contributed by atoms with Gasteiger partial charge < -0.3 is 15.0 Å². The smallest absolute Gasteiger partial charge is 0.261 e. The lowest BCUT2D eigenvalue weighted by Gasteiger charge is -2.26. The Labute approximate surface area is 204 Å².